The molecule has 2 rings (SSSR count). The third kappa shape index (κ3) is 5.29. The number of furan rings is 1. The minimum absolute atomic E-state index is 0.148. The van der Waals surface area contributed by atoms with Gasteiger partial charge in [0, 0.05) is 17.6 Å². The van der Waals surface area contributed by atoms with E-state index in [9.17, 15) is 0 Å². The molecule has 1 aromatic rings. The van der Waals surface area contributed by atoms with Gasteiger partial charge in [-0.3, -0.25) is 4.90 Å². The van der Waals surface area contributed by atoms with Crippen LogP contribution in [0.2, 0.25) is 0 Å². The van der Waals surface area contributed by atoms with Gasteiger partial charge in [-0.05, 0) is 52.8 Å². The lowest BCUT2D eigenvalue weighted by Gasteiger charge is -2.24. The lowest BCUT2D eigenvalue weighted by molar-refractivity contribution is 0.221. The molecule has 1 N–H and O–H groups in total. The van der Waals surface area contributed by atoms with Gasteiger partial charge in [-0.1, -0.05) is 19.3 Å². The number of nitrogens with one attached hydrogen (secondary N) is 1. The van der Waals surface area contributed by atoms with Gasteiger partial charge in [-0.15, -0.1) is 0 Å². The van der Waals surface area contributed by atoms with Crippen molar-refractivity contribution in [2.24, 2.45) is 0 Å². The summed E-state index contributed by atoms with van der Waals surface area (Å²) in [6.07, 6.45) is 8.67. The van der Waals surface area contributed by atoms with Gasteiger partial charge in [0.2, 0.25) is 0 Å². The molecule has 1 saturated heterocycles. The molecule has 2 heterocycles. The molecule has 1 fully saturated rings. The van der Waals surface area contributed by atoms with E-state index < -0.39 is 0 Å². The summed E-state index contributed by atoms with van der Waals surface area (Å²) in [7, 11) is 0. The Morgan fingerprint density at radius 3 is 2.40 bits per heavy atom. The van der Waals surface area contributed by atoms with E-state index in [1.165, 1.54) is 50.8 Å². The van der Waals surface area contributed by atoms with Crippen molar-refractivity contribution in [1.29, 1.82) is 0 Å². The topological polar surface area (TPSA) is 28.4 Å². The van der Waals surface area contributed by atoms with E-state index in [4.69, 9.17) is 4.42 Å². The third-order valence-electron chi connectivity index (χ3n) is 3.96. The lowest BCUT2D eigenvalue weighted by atomic mass is 10.1. The second kappa shape index (κ2) is 7.28. The van der Waals surface area contributed by atoms with E-state index in [0.29, 0.717) is 0 Å². The van der Waals surface area contributed by atoms with Crippen molar-refractivity contribution in [2.45, 2.75) is 71.5 Å². The van der Waals surface area contributed by atoms with Crippen molar-refractivity contribution in [3.8, 4) is 0 Å². The highest BCUT2D eigenvalue weighted by Gasteiger charge is 2.15. The summed E-state index contributed by atoms with van der Waals surface area (Å²) in [5.41, 5.74) is 1.46. The van der Waals surface area contributed by atoms with Crippen LogP contribution < -0.4 is 5.32 Å². The van der Waals surface area contributed by atoms with E-state index in [1.807, 2.05) is 6.26 Å². The number of rotatable bonds is 4. The van der Waals surface area contributed by atoms with Crippen LogP contribution in [0, 0.1) is 0 Å². The van der Waals surface area contributed by atoms with E-state index in [0.717, 1.165) is 18.8 Å². The number of nitrogens with zero attached hydrogens (tertiary/aromatic N) is 1. The zero-order valence-electron chi connectivity index (χ0n) is 13.4. The first kappa shape index (κ1) is 15.6. The zero-order valence-corrected chi connectivity index (χ0v) is 13.4. The average molecular weight is 278 g/mol. The maximum Gasteiger partial charge on any atom is 0.122 e. The first-order valence-corrected chi connectivity index (χ1v) is 8.07. The fraction of sp³-hybridized carbons (Fsp3) is 0.765. The molecule has 1 aliphatic heterocycles. The van der Waals surface area contributed by atoms with Gasteiger partial charge in [0.05, 0.1) is 12.8 Å². The Balaban J connectivity index is 1.90. The van der Waals surface area contributed by atoms with Crippen LogP contribution in [0.1, 0.15) is 64.2 Å². The normalized spacial score (nSPS) is 18.8. The predicted octanol–water partition coefficient (Wildman–Crippen LogP) is 3.93. The van der Waals surface area contributed by atoms with Gasteiger partial charge in [-0.2, -0.15) is 0 Å². The second-order valence-corrected chi connectivity index (χ2v) is 7.02. The Morgan fingerprint density at radius 1 is 1.10 bits per heavy atom. The van der Waals surface area contributed by atoms with Gasteiger partial charge in [0.15, 0.2) is 0 Å². The minimum Gasteiger partial charge on any atom is -0.468 e. The van der Waals surface area contributed by atoms with Crippen LogP contribution >= 0.6 is 0 Å². The number of likely N-dealkylation sites (tertiary alicyclic amines) is 1. The van der Waals surface area contributed by atoms with Crippen molar-refractivity contribution >= 4 is 0 Å². The molecular formula is C17H30N2O. The Kier molecular flexibility index (Phi) is 5.67. The van der Waals surface area contributed by atoms with Crippen LogP contribution in [-0.4, -0.2) is 23.5 Å². The SMILES string of the molecule is CC(C)(C)NCc1ccoc1CN1CCCCCCC1. The molecule has 3 nitrogen and oxygen atoms in total. The summed E-state index contributed by atoms with van der Waals surface area (Å²) in [5, 5.41) is 3.55. The van der Waals surface area contributed by atoms with Crippen LogP contribution in [0.25, 0.3) is 0 Å². The van der Waals surface area contributed by atoms with E-state index in [-0.39, 0.29) is 5.54 Å². The Hall–Kier alpha value is -0.800. The van der Waals surface area contributed by atoms with Crippen molar-refractivity contribution in [1.82, 2.24) is 10.2 Å². The van der Waals surface area contributed by atoms with Gasteiger partial charge in [-0.25, -0.2) is 0 Å². The number of hydrogen-bond acceptors (Lipinski definition) is 3. The Bertz CT molecular complexity index is 384. The van der Waals surface area contributed by atoms with Crippen molar-refractivity contribution in [3.05, 3.63) is 23.7 Å². The maximum absolute atomic E-state index is 5.72. The first-order chi connectivity index (χ1) is 9.54. The first-order valence-electron chi connectivity index (χ1n) is 8.07. The molecule has 0 atom stereocenters. The monoisotopic (exact) mass is 278 g/mol. The molecule has 0 saturated carbocycles. The van der Waals surface area contributed by atoms with Crippen LogP contribution in [0.5, 0.6) is 0 Å². The highest BCUT2D eigenvalue weighted by Crippen LogP contribution is 2.17. The fourth-order valence-electron chi connectivity index (χ4n) is 2.70. The molecule has 0 aliphatic carbocycles. The summed E-state index contributed by atoms with van der Waals surface area (Å²) in [5.74, 6) is 1.14. The summed E-state index contributed by atoms with van der Waals surface area (Å²) in [6, 6.07) is 2.11. The molecule has 3 heteroatoms. The lowest BCUT2D eigenvalue weighted by Crippen LogP contribution is -2.35. The molecule has 1 aromatic heterocycles. The van der Waals surface area contributed by atoms with Gasteiger partial charge >= 0.3 is 0 Å². The Morgan fingerprint density at radius 2 is 1.75 bits per heavy atom. The highest BCUT2D eigenvalue weighted by atomic mass is 16.3. The van der Waals surface area contributed by atoms with E-state index in [2.05, 4.69) is 37.1 Å². The van der Waals surface area contributed by atoms with Crippen LogP contribution in [0.4, 0.5) is 0 Å². The fourth-order valence-corrected chi connectivity index (χ4v) is 2.70. The molecule has 114 valence electrons. The third-order valence-corrected chi connectivity index (χ3v) is 3.96. The van der Waals surface area contributed by atoms with E-state index >= 15 is 0 Å². The largest absolute Gasteiger partial charge is 0.468 e. The molecule has 0 radical (unpaired) electrons. The maximum atomic E-state index is 5.72. The molecule has 1 aliphatic rings. The quantitative estimate of drug-likeness (QED) is 0.904. The molecule has 20 heavy (non-hydrogen) atoms. The van der Waals surface area contributed by atoms with Gasteiger partial charge < -0.3 is 9.73 Å². The summed E-state index contributed by atoms with van der Waals surface area (Å²) < 4.78 is 5.72. The van der Waals surface area contributed by atoms with Crippen LogP contribution in [0.3, 0.4) is 0 Å². The zero-order chi connectivity index (χ0) is 14.4. The predicted molar refractivity (Wildman–Crippen MR) is 83.7 cm³/mol. The standard InChI is InChI=1S/C17H30N2O/c1-17(2,3)18-13-15-9-12-20-16(15)14-19-10-7-5-4-6-8-11-19/h9,12,18H,4-8,10-11,13-14H2,1-3H3. The molecule has 0 amide bonds. The minimum atomic E-state index is 0.148. The van der Waals surface area contributed by atoms with Crippen molar-refractivity contribution in [3.63, 3.8) is 0 Å². The van der Waals surface area contributed by atoms with Gasteiger partial charge in [0.1, 0.15) is 5.76 Å². The smallest absolute Gasteiger partial charge is 0.122 e. The van der Waals surface area contributed by atoms with Gasteiger partial charge in [0.25, 0.3) is 0 Å². The van der Waals surface area contributed by atoms with E-state index in [1.54, 1.807) is 0 Å². The van der Waals surface area contributed by atoms with Crippen LogP contribution in [-0.2, 0) is 13.1 Å². The molecule has 0 bridgehead atoms. The Labute approximate surface area is 123 Å². The van der Waals surface area contributed by atoms with Crippen molar-refractivity contribution < 1.29 is 4.42 Å². The second-order valence-electron chi connectivity index (χ2n) is 7.02. The summed E-state index contributed by atoms with van der Waals surface area (Å²) in [4.78, 5) is 2.55. The molecule has 0 unspecified atom stereocenters. The highest BCUT2D eigenvalue weighted by molar-refractivity contribution is 5.17. The molecule has 0 spiro atoms. The molecule has 0 aromatic carbocycles. The summed E-state index contributed by atoms with van der Waals surface area (Å²) >= 11 is 0. The average Bonchev–Trinajstić information content (AvgIpc) is 2.76. The number of hydrogen-bond donors (Lipinski definition) is 1. The molecular weight excluding hydrogens is 248 g/mol. The summed E-state index contributed by atoms with van der Waals surface area (Å²) in [6.45, 7) is 10.9. The van der Waals surface area contributed by atoms with Crippen molar-refractivity contribution in [2.75, 3.05) is 13.1 Å². The van der Waals surface area contributed by atoms with Crippen LogP contribution in [0.15, 0.2) is 16.7 Å².